The van der Waals surface area contributed by atoms with Gasteiger partial charge in [0.05, 0.1) is 11.3 Å². The fourth-order valence-electron chi connectivity index (χ4n) is 2.15. The molecule has 0 saturated heterocycles. The van der Waals surface area contributed by atoms with Crippen LogP contribution in [0.15, 0.2) is 5.16 Å². The predicted octanol–water partition coefficient (Wildman–Crippen LogP) is 1.18. The molecule has 0 aromatic carbocycles. The highest BCUT2D eigenvalue weighted by molar-refractivity contribution is 6.02. The number of aromatic nitrogens is 2. The standard InChI is InChI=1S/C12H19N5O/c1-7-8(2)14-15-12(10(7)11(13)16-18)17(3)9-5-4-6-9/h9,18H,4-6H2,1-3H3,(H2,13,16). The molecule has 1 aliphatic carbocycles. The summed E-state index contributed by atoms with van der Waals surface area (Å²) >= 11 is 0. The molecule has 1 aromatic rings. The number of hydrogen-bond donors (Lipinski definition) is 2. The third-order valence-electron chi connectivity index (χ3n) is 3.76. The van der Waals surface area contributed by atoms with Crippen molar-refractivity contribution in [3.8, 4) is 0 Å². The zero-order valence-electron chi connectivity index (χ0n) is 11.0. The van der Waals surface area contributed by atoms with Gasteiger partial charge in [0.2, 0.25) is 0 Å². The second-order valence-corrected chi connectivity index (χ2v) is 4.79. The van der Waals surface area contributed by atoms with Gasteiger partial charge in [-0.25, -0.2) is 0 Å². The Bertz CT molecular complexity index is 482. The van der Waals surface area contributed by atoms with E-state index in [4.69, 9.17) is 10.9 Å². The highest BCUT2D eigenvalue weighted by atomic mass is 16.4. The lowest BCUT2D eigenvalue weighted by atomic mass is 9.91. The molecule has 0 bridgehead atoms. The maximum absolute atomic E-state index is 8.92. The minimum absolute atomic E-state index is 0.0895. The third kappa shape index (κ3) is 1.98. The lowest BCUT2D eigenvalue weighted by Gasteiger charge is -2.36. The Morgan fingerprint density at radius 1 is 1.39 bits per heavy atom. The first-order valence-electron chi connectivity index (χ1n) is 6.11. The van der Waals surface area contributed by atoms with Gasteiger partial charge < -0.3 is 15.8 Å². The molecule has 0 radical (unpaired) electrons. The van der Waals surface area contributed by atoms with Crippen LogP contribution in [0.4, 0.5) is 5.82 Å². The van der Waals surface area contributed by atoms with Crippen LogP contribution in [-0.4, -0.2) is 34.3 Å². The summed E-state index contributed by atoms with van der Waals surface area (Å²) in [6, 6.07) is 0.478. The van der Waals surface area contributed by atoms with E-state index in [9.17, 15) is 0 Å². The highest BCUT2D eigenvalue weighted by Gasteiger charge is 2.27. The summed E-state index contributed by atoms with van der Waals surface area (Å²) in [7, 11) is 1.98. The maximum Gasteiger partial charge on any atom is 0.174 e. The van der Waals surface area contributed by atoms with Gasteiger partial charge in [-0.2, -0.15) is 5.10 Å². The summed E-state index contributed by atoms with van der Waals surface area (Å²) in [6.45, 7) is 3.78. The average molecular weight is 249 g/mol. The fourth-order valence-corrected chi connectivity index (χ4v) is 2.15. The molecule has 0 aliphatic heterocycles. The van der Waals surface area contributed by atoms with Gasteiger partial charge in [0, 0.05) is 13.1 Å². The number of aryl methyl sites for hydroxylation is 1. The van der Waals surface area contributed by atoms with Crippen molar-refractivity contribution in [3.63, 3.8) is 0 Å². The van der Waals surface area contributed by atoms with E-state index in [0.717, 1.165) is 24.1 Å². The summed E-state index contributed by atoms with van der Waals surface area (Å²) in [6.07, 6.45) is 3.55. The van der Waals surface area contributed by atoms with Crippen LogP contribution in [0.5, 0.6) is 0 Å². The van der Waals surface area contributed by atoms with Crippen molar-refractivity contribution in [2.75, 3.05) is 11.9 Å². The largest absolute Gasteiger partial charge is 0.409 e. The zero-order valence-corrected chi connectivity index (χ0v) is 11.0. The fraction of sp³-hybridized carbons (Fsp3) is 0.583. The van der Waals surface area contributed by atoms with Crippen molar-refractivity contribution >= 4 is 11.7 Å². The average Bonchev–Trinajstić information content (AvgIpc) is 2.29. The molecule has 1 saturated carbocycles. The summed E-state index contributed by atoms with van der Waals surface area (Å²) in [4.78, 5) is 2.08. The Balaban J connectivity index is 2.48. The summed E-state index contributed by atoms with van der Waals surface area (Å²) < 4.78 is 0. The van der Waals surface area contributed by atoms with Crippen molar-refractivity contribution in [1.29, 1.82) is 0 Å². The summed E-state index contributed by atoms with van der Waals surface area (Å²) in [5.41, 5.74) is 8.15. The van der Waals surface area contributed by atoms with Gasteiger partial charge in [0.15, 0.2) is 11.7 Å². The van der Waals surface area contributed by atoms with Crippen LogP contribution < -0.4 is 10.6 Å². The van der Waals surface area contributed by atoms with Crippen molar-refractivity contribution < 1.29 is 5.21 Å². The number of anilines is 1. The number of amidine groups is 1. The van der Waals surface area contributed by atoms with Crippen LogP contribution >= 0.6 is 0 Å². The van der Waals surface area contributed by atoms with Gasteiger partial charge >= 0.3 is 0 Å². The molecule has 1 aliphatic rings. The lowest BCUT2D eigenvalue weighted by Crippen LogP contribution is -2.39. The van der Waals surface area contributed by atoms with Gasteiger partial charge in [-0.15, -0.1) is 5.10 Å². The van der Waals surface area contributed by atoms with Crippen molar-refractivity contribution in [2.45, 2.75) is 39.2 Å². The van der Waals surface area contributed by atoms with E-state index in [0.29, 0.717) is 17.4 Å². The minimum atomic E-state index is 0.0895. The molecule has 98 valence electrons. The zero-order chi connectivity index (χ0) is 13.3. The molecule has 1 aromatic heterocycles. The molecule has 0 spiro atoms. The number of oxime groups is 1. The van der Waals surface area contributed by atoms with Crippen LogP contribution in [0, 0.1) is 13.8 Å². The molecule has 2 rings (SSSR count). The van der Waals surface area contributed by atoms with Gasteiger partial charge in [-0.05, 0) is 38.7 Å². The van der Waals surface area contributed by atoms with Crippen LogP contribution in [0.1, 0.15) is 36.1 Å². The second kappa shape index (κ2) is 4.80. The second-order valence-electron chi connectivity index (χ2n) is 4.79. The Labute approximate surface area is 106 Å². The SMILES string of the molecule is Cc1nnc(N(C)C2CCC2)c(C(N)=NO)c1C. The number of rotatable bonds is 3. The Hall–Kier alpha value is -1.85. The van der Waals surface area contributed by atoms with E-state index >= 15 is 0 Å². The van der Waals surface area contributed by atoms with E-state index in [1.165, 1.54) is 6.42 Å². The number of nitrogens with zero attached hydrogens (tertiary/aromatic N) is 4. The first kappa shape index (κ1) is 12.6. The third-order valence-corrected chi connectivity index (χ3v) is 3.76. The molecule has 6 nitrogen and oxygen atoms in total. The first-order chi connectivity index (χ1) is 8.56. The Morgan fingerprint density at radius 3 is 2.56 bits per heavy atom. The van der Waals surface area contributed by atoms with Crippen molar-refractivity contribution in [2.24, 2.45) is 10.9 Å². The normalized spacial score (nSPS) is 16.5. The molecule has 0 amide bonds. The van der Waals surface area contributed by atoms with Gasteiger partial charge in [0.1, 0.15) is 0 Å². The smallest absolute Gasteiger partial charge is 0.174 e. The molecule has 18 heavy (non-hydrogen) atoms. The number of nitrogens with two attached hydrogens (primary N) is 1. The molecule has 3 N–H and O–H groups in total. The topological polar surface area (TPSA) is 87.6 Å². The van der Waals surface area contributed by atoms with Crippen molar-refractivity contribution in [1.82, 2.24) is 10.2 Å². The van der Waals surface area contributed by atoms with E-state index in [1.807, 2.05) is 20.9 Å². The summed E-state index contributed by atoms with van der Waals surface area (Å²) in [5.74, 6) is 0.782. The van der Waals surface area contributed by atoms with E-state index in [1.54, 1.807) is 0 Å². The quantitative estimate of drug-likeness (QED) is 0.363. The van der Waals surface area contributed by atoms with E-state index in [-0.39, 0.29) is 5.84 Å². The maximum atomic E-state index is 8.92. The molecule has 0 atom stereocenters. The molecule has 6 heteroatoms. The van der Waals surface area contributed by atoms with Crippen LogP contribution in [-0.2, 0) is 0 Å². The van der Waals surface area contributed by atoms with Gasteiger partial charge in [-0.1, -0.05) is 5.16 Å². The number of hydrogen-bond acceptors (Lipinski definition) is 5. The Morgan fingerprint density at radius 2 is 2.06 bits per heavy atom. The summed E-state index contributed by atoms with van der Waals surface area (Å²) in [5, 5.41) is 20.4. The van der Waals surface area contributed by atoms with Crippen molar-refractivity contribution in [3.05, 3.63) is 16.8 Å². The molecule has 1 heterocycles. The minimum Gasteiger partial charge on any atom is -0.409 e. The molecule has 0 unspecified atom stereocenters. The Kier molecular flexibility index (Phi) is 3.36. The lowest BCUT2D eigenvalue weighted by molar-refractivity contribution is 0.318. The first-order valence-corrected chi connectivity index (χ1v) is 6.11. The monoisotopic (exact) mass is 249 g/mol. The van der Waals surface area contributed by atoms with Gasteiger partial charge in [0.25, 0.3) is 0 Å². The van der Waals surface area contributed by atoms with E-state index < -0.39 is 0 Å². The molecular weight excluding hydrogens is 230 g/mol. The highest BCUT2D eigenvalue weighted by Crippen LogP contribution is 2.30. The molecular formula is C12H19N5O. The van der Waals surface area contributed by atoms with Crippen LogP contribution in [0.3, 0.4) is 0 Å². The molecule has 1 fully saturated rings. The van der Waals surface area contributed by atoms with Gasteiger partial charge in [-0.3, -0.25) is 0 Å². The van der Waals surface area contributed by atoms with Crippen LogP contribution in [0.2, 0.25) is 0 Å². The predicted molar refractivity (Wildman–Crippen MR) is 70.1 cm³/mol. The van der Waals surface area contributed by atoms with E-state index in [2.05, 4.69) is 20.3 Å². The van der Waals surface area contributed by atoms with Crippen LogP contribution in [0.25, 0.3) is 0 Å².